The Morgan fingerprint density at radius 1 is 1.40 bits per heavy atom. The SMILES string of the molecule is CC(CNCC1CCCO1)N(C)Cc1ccc(Cl)cc1. The number of likely N-dealkylation sites (N-methyl/N-ethyl adjacent to an activating group) is 1. The zero-order valence-corrected chi connectivity index (χ0v) is 13.2. The number of benzene rings is 1. The summed E-state index contributed by atoms with van der Waals surface area (Å²) in [7, 11) is 2.16. The lowest BCUT2D eigenvalue weighted by molar-refractivity contribution is 0.108. The third-order valence-electron chi connectivity index (χ3n) is 3.93. The summed E-state index contributed by atoms with van der Waals surface area (Å²) in [6, 6.07) is 8.57. The van der Waals surface area contributed by atoms with Crippen molar-refractivity contribution >= 4 is 11.6 Å². The van der Waals surface area contributed by atoms with E-state index in [-0.39, 0.29) is 0 Å². The van der Waals surface area contributed by atoms with Crippen molar-refractivity contribution in [1.82, 2.24) is 10.2 Å². The zero-order chi connectivity index (χ0) is 14.4. The molecular formula is C16H25ClN2O. The van der Waals surface area contributed by atoms with Crippen molar-refractivity contribution < 1.29 is 4.74 Å². The van der Waals surface area contributed by atoms with Gasteiger partial charge in [0.15, 0.2) is 0 Å². The fourth-order valence-electron chi connectivity index (χ4n) is 2.45. The van der Waals surface area contributed by atoms with Crippen LogP contribution in [0.15, 0.2) is 24.3 Å². The average Bonchev–Trinajstić information content (AvgIpc) is 2.94. The fraction of sp³-hybridized carbons (Fsp3) is 0.625. The van der Waals surface area contributed by atoms with Crippen LogP contribution in [0.1, 0.15) is 25.3 Å². The largest absolute Gasteiger partial charge is 0.377 e. The Morgan fingerprint density at radius 2 is 2.15 bits per heavy atom. The minimum atomic E-state index is 0.420. The van der Waals surface area contributed by atoms with Gasteiger partial charge in [0.05, 0.1) is 6.10 Å². The van der Waals surface area contributed by atoms with Crippen molar-refractivity contribution in [2.75, 3.05) is 26.7 Å². The molecule has 4 heteroatoms. The molecule has 2 rings (SSSR count). The van der Waals surface area contributed by atoms with Gasteiger partial charge in [0.1, 0.15) is 0 Å². The Balaban J connectivity index is 1.68. The van der Waals surface area contributed by atoms with Crippen molar-refractivity contribution in [2.24, 2.45) is 0 Å². The monoisotopic (exact) mass is 296 g/mol. The van der Waals surface area contributed by atoms with Gasteiger partial charge in [-0.15, -0.1) is 0 Å². The maximum Gasteiger partial charge on any atom is 0.0700 e. The second-order valence-corrected chi connectivity index (χ2v) is 6.12. The second-order valence-electron chi connectivity index (χ2n) is 5.68. The topological polar surface area (TPSA) is 24.5 Å². The van der Waals surface area contributed by atoms with Crippen molar-refractivity contribution in [2.45, 2.75) is 38.5 Å². The summed E-state index contributed by atoms with van der Waals surface area (Å²) in [6.45, 7) is 6.08. The minimum Gasteiger partial charge on any atom is -0.377 e. The van der Waals surface area contributed by atoms with E-state index < -0.39 is 0 Å². The number of nitrogens with zero attached hydrogens (tertiary/aromatic N) is 1. The fourth-order valence-corrected chi connectivity index (χ4v) is 2.57. The van der Waals surface area contributed by atoms with Gasteiger partial charge in [-0.05, 0) is 44.5 Å². The highest BCUT2D eigenvalue weighted by Gasteiger charge is 2.16. The van der Waals surface area contributed by atoms with Crippen LogP contribution in [-0.4, -0.2) is 43.8 Å². The van der Waals surface area contributed by atoms with Crippen molar-refractivity contribution in [1.29, 1.82) is 0 Å². The number of nitrogens with one attached hydrogen (secondary N) is 1. The molecule has 1 aliphatic rings. The molecular weight excluding hydrogens is 272 g/mol. The average molecular weight is 297 g/mol. The molecule has 0 amide bonds. The van der Waals surface area contributed by atoms with Crippen molar-refractivity contribution in [3.63, 3.8) is 0 Å². The molecule has 3 nitrogen and oxygen atoms in total. The Bertz CT molecular complexity index is 390. The molecule has 1 aromatic rings. The third-order valence-corrected chi connectivity index (χ3v) is 4.19. The molecule has 0 radical (unpaired) electrons. The molecule has 0 saturated carbocycles. The number of hydrogen-bond acceptors (Lipinski definition) is 3. The molecule has 1 fully saturated rings. The summed E-state index contributed by atoms with van der Waals surface area (Å²) in [6.07, 6.45) is 2.82. The lowest BCUT2D eigenvalue weighted by Gasteiger charge is -2.25. The van der Waals surface area contributed by atoms with Crippen LogP contribution >= 0.6 is 11.6 Å². The van der Waals surface area contributed by atoms with Gasteiger partial charge in [-0.3, -0.25) is 4.90 Å². The van der Waals surface area contributed by atoms with Crippen LogP contribution in [0, 0.1) is 0 Å². The molecule has 0 bridgehead atoms. The van der Waals surface area contributed by atoms with Crippen LogP contribution in [0.5, 0.6) is 0 Å². The summed E-state index contributed by atoms with van der Waals surface area (Å²) in [5, 5.41) is 4.31. The van der Waals surface area contributed by atoms with Crippen LogP contribution < -0.4 is 5.32 Å². The predicted molar refractivity (Wildman–Crippen MR) is 84.2 cm³/mol. The molecule has 0 spiro atoms. The van der Waals surface area contributed by atoms with Gasteiger partial charge >= 0.3 is 0 Å². The number of rotatable bonds is 7. The summed E-state index contributed by atoms with van der Waals surface area (Å²) < 4.78 is 5.61. The van der Waals surface area contributed by atoms with Crippen LogP contribution in [0.25, 0.3) is 0 Å². The summed E-state index contributed by atoms with van der Waals surface area (Å²) >= 11 is 5.91. The first kappa shape index (κ1) is 15.8. The Kier molecular flexibility index (Phi) is 6.30. The molecule has 2 atom stereocenters. The number of ether oxygens (including phenoxy) is 1. The standard InChI is InChI=1S/C16H25ClN2O/c1-13(10-18-11-16-4-3-9-20-16)19(2)12-14-5-7-15(17)8-6-14/h5-8,13,16,18H,3-4,9-12H2,1-2H3. The summed E-state index contributed by atoms with van der Waals surface area (Å²) in [4.78, 5) is 2.35. The highest BCUT2D eigenvalue weighted by atomic mass is 35.5. The van der Waals surface area contributed by atoms with E-state index in [1.807, 2.05) is 12.1 Å². The van der Waals surface area contributed by atoms with Crippen molar-refractivity contribution in [3.8, 4) is 0 Å². The number of halogens is 1. The summed E-state index contributed by atoms with van der Waals surface area (Å²) in [5.41, 5.74) is 1.29. The zero-order valence-electron chi connectivity index (χ0n) is 12.4. The van der Waals surface area contributed by atoms with E-state index in [1.165, 1.54) is 18.4 Å². The molecule has 112 valence electrons. The smallest absolute Gasteiger partial charge is 0.0700 e. The first-order chi connectivity index (χ1) is 9.65. The van der Waals surface area contributed by atoms with E-state index in [0.29, 0.717) is 12.1 Å². The molecule has 1 aromatic carbocycles. The normalized spacial score (nSPS) is 20.5. The van der Waals surface area contributed by atoms with Crippen molar-refractivity contribution in [3.05, 3.63) is 34.9 Å². The number of hydrogen-bond donors (Lipinski definition) is 1. The van der Waals surface area contributed by atoms with E-state index >= 15 is 0 Å². The van der Waals surface area contributed by atoms with Gasteiger partial charge in [-0.25, -0.2) is 0 Å². The highest BCUT2D eigenvalue weighted by Crippen LogP contribution is 2.12. The van der Waals surface area contributed by atoms with Crippen LogP contribution in [0.2, 0.25) is 5.02 Å². The lowest BCUT2D eigenvalue weighted by Crippen LogP contribution is -2.39. The lowest BCUT2D eigenvalue weighted by atomic mass is 10.2. The Morgan fingerprint density at radius 3 is 2.80 bits per heavy atom. The predicted octanol–water partition coefficient (Wildman–Crippen LogP) is 2.93. The van der Waals surface area contributed by atoms with Gasteiger partial charge in [-0.2, -0.15) is 0 Å². The van der Waals surface area contributed by atoms with Crippen LogP contribution in [0.3, 0.4) is 0 Å². The maximum atomic E-state index is 5.91. The van der Waals surface area contributed by atoms with E-state index in [0.717, 1.165) is 31.3 Å². The first-order valence-electron chi connectivity index (χ1n) is 7.42. The van der Waals surface area contributed by atoms with Gasteiger partial charge in [0, 0.05) is 37.3 Å². The molecule has 1 heterocycles. The van der Waals surface area contributed by atoms with Crippen LogP contribution in [0.4, 0.5) is 0 Å². The highest BCUT2D eigenvalue weighted by molar-refractivity contribution is 6.30. The molecule has 2 unspecified atom stereocenters. The van der Waals surface area contributed by atoms with E-state index in [4.69, 9.17) is 16.3 Å². The maximum absolute atomic E-state index is 5.91. The van der Waals surface area contributed by atoms with Gasteiger partial charge in [0.25, 0.3) is 0 Å². The first-order valence-corrected chi connectivity index (χ1v) is 7.80. The molecule has 0 aliphatic carbocycles. The third kappa shape index (κ3) is 5.06. The second kappa shape index (κ2) is 7.99. The van der Waals surface area contributed by atoms with E-state index in [1.54, 1.807) is 0 Å². The van der Waals surface area contributed by atoms with Gasteiger partial charge in [0.2, 0.25) is 0 Å². The van der Waals surface area contributed by atoms with E-state index in [2.05, 4.69) is 36.3 Å². The molecule has 1 saturated heterocycles. The molecule has 20 heavy (non-hydrogen) atoms. The Labute approximate surface area is 127 Å². The van der Waals surface area contributed by atoms with Crippen LogP contribution in [-0.2, 0) is 11.3 Å². The quantitative estimate of drug-likeness (QED) is 0.837. The Hall–Kier alpha value is -0.610. The minimum absolute atomic E-state index is 0.420. The van der Waals surface area contributed by atoms with Gasteiger partial charge in [-0.1, -0.05) is 23.7 Å². The summed E-state index contributed by atoms with van der Waals surface area (Å²) in [5.74, 6) is 0. The molecule has 1 aliphatic heterocycles. The van der Waals surface area contributed by atoms with E-state index in [9.17, 15) is 0 Å². The van der Waals surface area contributed by atoms with Gasteiger partial charge < -0.3 is 10.1 Å². The molecule has 0 aromatic heterocycles. The molecule has 1 N–H and O–H groups in total.